The number of benzene rings is 3. The van der Waals surface area contributed by atoms with Gasteiger partial charge in [0.25, 0.3) is 10.0 Å². The summed E-state index contributed by atoms with van der Waals surface area (Å²) < 4.78 is 32.9. The third kappa shape index (κ3) is 5.64. The van der Waals surface area contributed by atoms with Gasteiger partial charge in [0.05, 0.1) is 17.7 Å². The van der Waals surface area contributed by atoms with Crippen molar-refractivity contribution >= 4 is 21.6 Å². The average molecular weight is 439 g/mol. The van der Waals surface area contributed by atoms with E-state index < -0.39 is 15.9 Å². The molecule has 0 aliphatic carbocycles. The van der Waals surface area contributed by atoms with E-state index in [9.17, 15) is 13.2 Å². The summed E-state index contributed by atoms with van der Waals surface area (Å²) in [7, 11) is -2.32. The highest BCUT2D eigenvalue weighted by Gasteiger charge is 2.27. The maximum atomic E-state index is 13.3. The highest BCUT2D eigenvalue weighted by Crippen LogP contribution is 2.24. The van der Waals surface area contributed by atoms with Gasteiger partial charge in [-0.3, -0.25) is 9.10 Å². The van der Waals surface area contributed by atoms with E-state index in [1.54, 1.807) is 37.4 Å². The van der Waals surface area contributed by atoms with Crippen LogP contribution in [0.2, 0.25) is 0 Å². The van der Waals surface area contributed by atoms with Gasteiger partial charge in [-0.1, -0.05) is 49.4 Å². The normalized spacial score (nSPS) is 11.0. The Balaban J connectivity index is 1.80. The van der Waals surface area contributed by atoms with Crippen LogP contribution in [0.1, 0.15) is 18.1 Å². The van der Waals surface area contributed by atoms with Gasteiger partial charge in [-0.25, -0.2) is 8.42 Å². The van der Waals surface area contributed by atoms with E-state index in [2.05, 4.69) is 5.32 Å². The maximum absolute atomic E-state index is 13.3. The van der Waals surface area contributed by atoms with Crippen molar-refractivity contribution in [2.24, 2.45) is 0 Å². The van der Waals surface area contributed by atoms with Crippen molar-refractivity contribution in [3.63, 3.8) is 0 Å². The number of anilines is 1. The molecule has 162 valence electrons. The van der Waals surface area contributed by atoms with Crippen LogP contribution < -0.4 is 14.4 Å². The van der Waals surface area contributed by atoms with E-state index in [1.165, 1.54) is 12.1 Å². The lowest BCUT2D eigenvalue weighted by Crippen LogP contribution is -2.40. The highest BCUT2D eigenvalue weighted by molar-refractivity contribution is 7.92. The maximum Gasteiger partial charge on any atom is 0.264 e. The van der Waals surface area contributed by atoms with Gasteiger partial charge in [-0.15, -0.1) is 0 Å². The SMILES string of the molecule is CCc1ccc(N(CC(=O)NCc2ccc(OC)cc2)S(=O)(=O)c2ccccc2)cc1. The molecule has 0 aliphatic heterocycles. The number of nitrogens with zero attached hydrogens (tertiary/aromatic N) is 1. The van der Waals surface area contributed by atoms with Crippen LogP contribution in [-0.4, -0.2) is 28.0 Å². The largest absolute Gasteiger partial charge is 0.497 e. The molecule has 1 amide bonds. The minimum Gasteiger partial charge on any atom is -0.497 e. The summed E-state index contributed by atoms with van der Waals surface area (Å²) in [5.41, 5.74) is 2.42. The lowest BCUT2D eigenvalue weighted by Gasteiger charge is -2.24. The molecule has 0 bridgehead atoms. The van der Waals surface area contributed by atoms with Crippen LogP contribution >= 0.6 is 0 Å². The van der Waals surface area contributed by atoms with Crippen LogP contribution in [-0.2, 0) is 27.8 Å². The number of carbonyl (C=O) groups excluding carboxylic acids is 1. The Morgan fingerprint density at radius 2 is 1.52 bits per heavy atom. The van der Waals surface area contributed by atoms with Crippen LogP contribution in [0.4, 0.5) is 5.69 Å². The molecule has 0 saturated heterocycles. The number of hydrogen-bond acceptors (Lipinski definition) is 4. The van der Waals surface area contributed by atoms with E-state index >= 15 is 0 Å². The Bertz CT molecular complexity index is 1100. The first-order valence-electron chi connectivity index (χ1n) is 10.0. The molecule has 3 aromatic carbocycles. The first-order valence-corrected chi connectivity index (χ1v) is 11.4. The second kappa shape index (κ2) is 10.1. The van der Waals surface area contributed by atoms with E-state index in [4.69, 9.17) is 4.74 Å². The molecule has 0 unspecified atom stereocenters. The van der Waals surface area contributed by atoms with Gasteiger partial charge in [0.2, 0.25) is 5.91 Å². The number of hydrogen-bond donors (Lipinski definition) is 1. The van der Waals surface area contributed by atoms with Crippen LogP contribution in [0.15, 0.2) is 83.8 Å². The molecule has 0 aliphatic rings. The van der Waals surface area contributed by atoms with Gasteiger partial charge in [-0.05, 0) is 53.9 Å². The lowest BCUT2D eigenvalue weighted by atomic mass is 10.1. The molecule has 0 aromatic heterocycles. The number of rotatable bonds is 9. The van der Waals surface area contributed by atoms with E-state index in [0.717, 1.165) is 27.6 Å². The number of carbonyl (C=O) groups is 1. The van der Waals surface area contributed by atoms with Gasteiger partial charge in [0, 0.05) is 6.54 Å². The molecule has 0 spiro atoms. The van der Waals surface area contributed by atoms with E-state index in [0.29, 0.717) is 5.69 Å². The summed E-state index contributed by atoms with van der Waals surface area (Å²) in [5, 5.41) is 2.80. The fourth-order valence-corrected chi connectivity index (χ4v) is 4.51. The van der Waals surface area contributed by atoms with Crippen molar-refractivity contribution in [3.05, 3.63) is 90.0 Å². The predicted molar refractivity (Wildman–Crippen MR) is 122 cm³/mol. The molecular formula is C24H26N2O4S. The van der Waals surface area contributed by atoms with E-state index in [-0.39, 0.29) is 18.0 Å². The van der Waals surface area contributed by atoms with Crippen molar-refractivity contribution < 1.29 is 17.9 Å². The second-order valence-electron chi connectivity index (χ2n) is 6.97. The topological polar surface area (TPSA) is 75.7 Å². The summed E-state index contributed by atoms with van der Waals surface area (Å²) in [6, 6.07) is 22.7. The third-order valence-electron chi connectivity index (χ3n) is 4.90. The zero-order chi connectivity index (χ0) is 22.3. The standard InChI is InChI=1S/C24H26N2O4S/c1-3-19-9-13-21(14-10-19)26(31(28,29)23-7-5-4-6-8-23)18-24(27)25-17-20-11-15-22(30-2)16-12-20/h4-16H,3,17-18H2,1-2H3,(H,25,27). The van der Waals surface area contributed by atoms with Crippen molar-refractivity contribution in [2.45, 2.75) is 24.8 Å². The number of nitrogens with one attached hydrogen (secondary N) is 1. The fraction of sp³-hybridized carbons (Fsp3) is 0.208. The van der Waals surface area contributed by atoms with Gasteiger partial charge in [0.15, 0.2) is 0 Å². The molecule has 6 nitrogen and oxygen atoms in total. The van der Waals surface area contributed by atoms with E-state index in [1.807, 2.05) is 43.3 Å². The minimum atomic E-state index is -3.90. The summed E-state index contributed by atoms with van der Waals surface area (Å²) in [4.78, 5) is 12.8. The molecule has 0 fully saturated rings. The Hall–Kier alpha value is -3.32. The molecule has 1 N–H and O–H groups in total. The summed E-state index contributed by atoms with van der Waals surface area (Å²) >= 11 is 0. The molecular weight excluding hydrogens is 412 g/mol. The summed E-state index contributed by atoms with van der Waals surface area (Å²) in [6.45, 7) is 2.00. The minimum absolute atomic E-state index is 0.137. The fourth-order valence-electron chi connectivity index (χ4n) is 3.06. The molecule has 0 saturated carbocycles. The first-order chi connectivity index (χ1) is 14.9. The first kappa shape index (κ1) is 22.4. The Morgan fingerprint density at radius 3 is 2.10 bits per heavy atom. The van der Waals surface area contributed by atoms with Gasteiger partial charge in [-0.2, -0.15) is 0 Å². The van der Waals surface area contributed by atoms with Crippen LogP contribution in [0.25, 0.3) is 0 Å². The second-order valence-corrected chi connectivity index (χ2v) is 8.83. The van der Waals surface area contributed by atoms with Gasteiger partial charge >= 0.3 is 0 Å². The van der Waals surface area contributed by atoms with Crippen molar-refractivity contribution in [1.82, 2.24) is 5.32 Å². The van der Waals surface area contributed by atoms with Gasteiger partial charge < -0.3 is 10.1 Å². The Morgan fingerprint density at radius 1 is 0.903 bits per heavy atom. The molecule has 7 heteroatoms. The van der Waals surface area contributed by atoms with Crippen LogP contribution in [0, 0.1) is 0 Å². The summed E-state index contributed by atoms with van der Waals surface area (Å²) in [6.07, 6.45) is 0.841. The zero-order valence-electron chi connectivity index (χ0n) is 17.6. The molecule has 0 radical (unpaired) electrons. The Kier molecular flexibility index (Phi) is 7.31. The average Bonchev–Trinajstić information content (AvgIpc) is 2.82. The van der Waals surface area contributed by atoms with Crippen LogP contribution in [0.3, 0.4) is 0 Å². The van der Waals surface area contributed by atoms with Crippen LogP contribution in [0.5, 0.6) is 5.75 Å². The smallest absolute Gasteiger partial charge is 0.264 e. The molecule has 0 atom stereocenters. The number of ether oxygens (including phenoxy) is 1. The number of amides is 1. The Labute approximate surface area is 183 Å². The third-order valence-corrected chi connectivity index (χ3v) is 6.69. The van der Waals surface area contributed by atoms with Crippen molar-refractivity contribution in [1.29, 1.82) is 0 Å². The number of aryl methyl sites for hydroxylation is 1. The van der Waals surface area contributed by atoms with Crippen molar-refractivity contribution in [3.8, 4) is 5.75 Å². The monoisotopic (exact) mass is 438 g/mol. The number of methoxy groups -OCH3 is 1. The predicted octanol–water partition coefficient (Wildman–Crippen LogP) is 3.77. The molecule has 3 rings (SSSR count). The molecule has 31 heavy (non-hydrogen) atoms. The molecule has 3 aromatic rings. The van der Waals surface area contributed by atoms with Gasteiger partial charge in [0.1, 0.15) is 12.3 Å². The zero-order valence-corrected chi connectivity index (χ0v) is 18.4. The highest BCUT2D eigenvalue weighted by atomic mass is 32.2. The lowest BCUT2D eigenvalue weighted by molar-refractivity contribution is -0.119. The number of sulfonamides is 1. The van der Waals surface area contributed by atoms with Crippen molar-refractivity contribution in [2.75, 3.05) is 18.0 Å². The summed E-state index contributed by atoms with van der Waals surface area (Å²) in [5.74, 6) is 0.334. The molecule has 0 heterocycles. The quantitative estimate of drug-likeness (QED) is 0.552.